The predicted molar refractivity (Wildman–Crippen MR) is 105 cm³/mol. The number of nitrogen functional groups attached to an aromatic ring is 2. The third-order valence-electron chi connectivity index (χ3n) is 4.43. The molecule has 0 aliphatic heterocycles. The zero-order valence-corrected chi connectivity index (χ0v) is 15.7. The van der Waals surface area contributed by atoms with E-state index < -0.39 is 0 Å². The third kappa shape index (κ3) is 6.70. The van der Waals surface area contributed by atoms with E-state index in [9.17, 15) is 0 Å². The van der Waals surface area contributed by atoms with Crippen LogP contribution in [-0.4, -0.2) is 23.6 Å². The molecule has 0 aliphatic rings. The van der Waals surface area contributed by atoms with Crippen LogP contribution < -0.4 is 16.8 Å². The SMILES string of the molecule is CNC[C@@H](CCCc1cc(C)cc(N)n1)CCc1cc(C)cc(N)n1. The molecule has 0 fully saturated rings. The lowest BCUT2D eigenvalue weighted by Gasteiger charge is -2.16. The van der Waals surface area contributed by atoms with Gasteiger partial charge in [-0.25, -0.2) is 9.97 Å². The smallest absolute Gasteiger partial charge is 0.123 e. The van der Waals surface area contributed by atoms with Crippen LogP contribution in [0.15, 0.2) is 24.3 Å². The van der Waals surface area contributed by atoms with Crippen molar-refractivity contribution >= 4 is 11.6 Å². The Balaban J connectivity index is 1.85. The van der Waals surface area contributed by atoms with Gasteiger partial charge in [-0.05, 0) is 101 Å². The summed E-state index contributed by atoms with van der Waals surface area (Å²) >= 11 is 0. The number of anilines is 2. The van der Waals surface area contributed by atoms with E-state index in [1.54, 1.807) is 0 Å². The third-order valence-corrected chi connectivity index (χ3v) is 4.43. The predicted octanol–water partition coefficient (Wildman–Crippen LogP) is 3.05. The highest BCUT2D eigenvalue weighted by molar-refractivity contribution is 5.35. The van der Waals surface area contributed by atoms with Gasteiger partial charge in [-0.2, -0.15) is 0 Å². The molecular formula is C20H31N5. The van der Waals surface area contributed by atoms with Crippen LogP contribution in [0.25, 0.3) is 0 Å². The van der Waals surface area contributed by atoms with Gasteiger partial charge < -0.3 is 16.8 Å². The zero-order chi connectivity index (χ0) is 18.2. The summed E-state index contributed by atoms with van der Waals surface area (Å²) in [5.41, 5.74) is 16.2. The van der Waals surface area contributed by atoms with E-state index in [0.29, 0.717) is 17.6 Å². The molecule has 0 spiro atoms. The van der Waals surface area contributed by atoms with E-state index in [0.717, 1.165) is 50.0 Å². The zero-order valence-electron chi connectivity index (χ0n) is 15.7. The number of rotatable bonds is 9. The molecule has 1 atom stereocenters. The number of pyridine rings is 2. The normalized spacial score (nSPS) is 12.3. The first kappa shape index (κ1) is 19.2. The summed E-state index contributed by atoms with van der Waals surface area (Å²) in [4.78, 5) is 8.87. The first-order valence-electron chi connectivity index (χ1n) is 9.07. The molecule has 0 bridgehead atoms. The number of nitrogens with one attached hydrogen (secondary N) is 1. The monoisotopic (exact) mass is 341 g/mol. The second-order valence-electron chi connectivity index (χ2n) is 6.98. The lowest BCUT2D eigenvalue weighted by molar-refractivity contribution is 0.418. The van der Waals surface area contributed by atoms with Crippen molar-refractivity contribution in [3.05, 3.63) is 46.8 Å². The van der Waals surface area contributed by atoms with Crippen LogP contribution in [0.5, 0.6) is 0 Å². The van der Waals surface area contributed by atoms with Crippen LogP contribution in [0.3, 0.4) is 0 Å². The maximum atomic E-state index is 5.85. The van der Waals surface area contributed by atoms with Crippen LogP contribution in [-0.2, 0) is 12.8 Å². The van der Waals surface area contributed by atoms with Crippen LogP contribution in [0.2, 0.25) is 0 Å². The van der Waals surface area contributed by atoms with Crippen molar-refractivity contribution in [2.45, 2.75) is 46.0 Å². The van der Waals surface area contributed by atoms with E-state index in [4.69, 9.17) is 11.5 Å². The van der Waals surface area contributed by atoms with Gasteiger partial charge in [-0.3, -0.25) is 0 Å². The summed E-state index contributed by atoms with van der Waals surface area (Å²) in [5.74, 6) is 1.85. The molecule has 5 nitrogen and oxygen atoms in total. The summed E-state index contributed by atoms with van der Waals surface area (Å²) in [5, 5.41) is 3.31. The average Bonchev–Trinajstić information content (AvgIpc) is 2.51. The number of nitrogens with two attached hydrogens (primary N) is 2. The van der Waals surface area contributed by atoms with Crippen molar-refractivity contribution in [1.29, 1.82) is 0 Å². The van der Waals surface area contributed by atoms with E-state index in [-0.39, 0.29) is 0 Å². The van der Waals surface area contributed by atoms with Crippen molar-refractivity contribution < 1.29 is 0 Å². The topological polar surface area (TPSA) is 89.8 Å². The van der Waals surface area contributed by atoms with Crippen molar-refractivity contribution in [2.24, 2.45) is 5.92 Å². The highest BCUT2D eigenvalue weighted by Gasteiger charge is 2.10. The number of nitrogens with zero attached hydrogens (tertiary/aromatic N) is 2. The Morgan fingerprint density at radius 1 is 0.880 bits per heavy atom. The maximum Gasteiger partial charge on any atom is 0.123 e. The van der Waals surface area contributed by atoms with Crippen molar-refractivity contribution in [3.63, 3.8) is 0 Å². The van der Waals surface area contributed by atoms with Gasteiger partial charge in [0.05, 0.1) is 0 Å². The fourth-order valence-electron chi connectivity index (χ4n) is 3.35. The Hall–Kier alpha value is -2.14. The van der Waals surface area contributed by atoms with Crippen LogP contribution in [0.4, 0.5) is 11.6 Å². The molecule has 0 saturated carbocycles. The summed E-state index contributed by atoms with van der Waals surface area (Å²) in [7, 11) is 2.01. The molecule has 0 aliphatic carbocycles. The minimum atomic E-state index is 0.614. The highest BCUT2D eigenvalue weighted by Crippen LogP contribution is 2.18. The maximum absolute atomic E-state index is 5.85. The Labute approximate surface area is 151 Å². The van der Waals surface area contributed by atoms with Crippen molar-refractivity contribution in [2.75, 3.05) is 25.1 Å². The lowest BCUT2D eigenvalue weighted by atomic mass is 9.94. The summed E-state index contributed by atoms with van der Waals surface area (Å²) in [6.07, 6.45) is 5.33. The fraction of sp³-hybridized carbons (Fsp3) is 0.500. The first-order chi connectivity index (χ1) is 12.0. The molecule has 2 heterocycles. The van der Waals surface area contributed by atoms with Gasteiger partial charge >= 0.3 is 0 Å². The lowest BCUT2D eigenvalue weighted by Crippen LogP contribution is -2.20. The highest BCUT2D eigenvalue weighted by atomic mass is 14.8. The molecule has 2 aromatic heterocycles. The Bertz CT molecular complexity index is 643. The first-order valence-corrected chi connectivity index (χ1v) is 9.07. The molecule has 136 valence electrons. The quantitative estimate of drug-likeness (QED) is 0.652. The summed E-state index contributed by atoms with van der Waals surface area (Å²) in [6, 6.07) is 8.08. The van der Waals surface area contributed by atoms with Gasteiger partial charge in [0, 0.05) is 11.4 Å². The summed E-state index contributed by atoms with van der Waals surface area (Å²) in [6.45, 7) is 5.14. The molecule has 0 saturated heterocycles. The van der Waals surface area contributed by atoms with Crippen molar-refractivity contribution in [3.8, 4) is 0 Å². The number of hydrogen-bond donors (Lipinski definition) is 3. The van der Waals surface area contributed by atoms with Gasteiger partial charge in [-0.15, -0.1) is 0 Å². The molecule has 5 N–H and O–H groups in total. The second kappa shape index (κ2) is 9.37. The molecular weight excluding hydrogens is 310 g/mol. The standard InChI is InChI=1S/C20H31N5/c1-14-9-17(24-19(21)11-14)6-4-5-16(13-23-3)7-8-18-10-15(2)12-20(22)25-18/h9-12,16,23H,4-8,13H2,1-3H3,(H2,21,24)(H2,22,25)/t16-/m0/s1. The molecule has 25 heavy (non-hydrogen) atoms. The van der Waals surface area contributed by atoms with E-state index >= 15 is 0 Å². The number of hydrogen-bond acceptors (Lipinski definition) is 5. The average molecular weight is 342 g/mol. The molecule has 0 aromatic carbocycles. The molecule has 0 amide bonds. The van der Waals surface area contributed by atoms with Gasteiger partial charge in [-0.1, -0.05) is 0 Å². The van der Waals surface area contributed by atoms with Gasteiger partial charge in [0.1, 0.15) is 11.6 Å². The van der Waals surface area contributed by atoms with E-state index in [1.165, 1.54) is 11.1 Å². The van der Waals surface area contributed by atoms with E-state index in [2.05, 4.69) is 41.3 Å². The largest absolute Gasteiger partial charge is 0.384 e. The Morgan fingerprint density at radius 2 is 1.44 bits per heavy atom. The molecule has 5 heteroatoms. The molecule has 0 radical (unpaired) electrons. The van der Waals surface area contributed by atoms with Gasteiger partial charge in [0.15, 0.2) is 0 Å². The fourth-order valence-corrected chi connectivity index (χ4v) is 3.35. The molecule has 0 unspecified atom stereocenters. The minimum absolute atomic E-state index is 0.614. The van der Waals surface area contributed by atoms with Crippen LogP contribution in [0.1, 0.15) is 41.8 Å². The number of aryl methyl sites for hydroxylation is 4. The van der Waals surface area contributed by atoms with E-state index in [1.807, 2.05) is 19.2 Å². The minimum Gasteiger partial charge on any atom is -0.384 e. The van der Waals surface area contributed by atoms with Gasteiger partial charge in [0.25, 0.3) is 0 Å². The molecule has 2 aromatic rings. The molecule has 2 rings (SSSR count). The summed E-state index contributed by atoms with van der Waals surface area (Å²) < 4.78 is 0. The number of aromatic nitrogens is 2. The van der Waals surface area contributed by atoms with Crippen LogP contribution in [0, 0.1) is 19.8 Å². The Morgan fingerprint density at radius 3 is 1.96 bits per heavy atom. The Kier molecular flexibility index (Phi) is 7.19. The second-order valence-corrected chi connectivity index (χ2v) is 6.98. The van der Waals surface area contributed by atoms with Gasteiger partial charge in [0.2, 0.25) is 0 Å². The van der Waals surface area contributed by atoms with Crippen LogP contribution >= 0.6 is 0 Å². The van der Waals surface area contributed by atoms with Crippen molar-refractivity contribution in [1.82, 2.24) is 15.3 Å².